The van der Waals surface area contributed by atoms with Crippen molar-refractivity contribution in [1.29, 1.82) is 0 Å². The first-order valence-electron chi connectivity index (χ1n) is 10.5. The summed E-state index contributed by atoms with van der Waals surface area (Å²) in [5.41, 5.74) is 3.81. The average Bonchev–Trinajstić information content (AvgIpc) is 2.72. The molecule has 1 aliphatic heterocycles. The highest BCUT2D eigenvalue weighted by molar-refractivity contribution is 5.69. The number of hydrogen-bond acceptors (Lipinski definition) is 4. The van der Waals surface area contributed by atoms with Gasteiger partial charge < -0.3 is 14.4 Å². The molecule has 0 unspecified atom stereocenters. The van der Waals surface area contributed by atoms with Crippen molar-refractivity contribution in [1.82, 2.24) is 0 Å². The van der Waals surface area contributed by atoms with E-state index in [1.54, 1.807) is 13.0 Å². The fraction of sp³-hybridized carbons (Fsp3) is 0.458. The number of carbonyl (C=O) groups is 1. The van der Waals surface area contributed by atoms with Crippen LogP contribution in [-0.4, -0.2) is 25.7 Å². The third-order valence-electron chi connectivity index (χ3n) is 5.18. The number of hydrogen-bond donors (Lipinski definition) is 0. The van der Waals surface area contributed by atoms with Crippen molar-refractivity contribution in [2.24, 2.45) is 0 Å². The Kier molecular flexibility index (Phi) is 7.50. The monoisotopic (exact) mass is 399 g/mol. The van der Waals surface area contributed by atoms with Crippen LogP contribution in [-0.2, 0) is 29.0 Å². The predicted molar refractivity (Wildman–Crippen MR) is 113 cm³/mol. The lowest BCUT2D eigenvalue weighted by molar-refractivity contribution is -0.143. The molecule has 0 N–H and O–H groups in total. The van der Waals surface area contributed by atoms with E-state index in [2.05, 4.69) is 17.9 Å². The van der Waals surface area contributed by atoms with Gasteiger partial charge in [0.25, 0.3) is 0 Å². The highest BCUT2D eigenvalue weighted by atomic mass is 19.1. The molecule has 0 fully saturated rings. The second-order valence-corrected chi connectivity index (χ2v) is 7.37. The molecule has 0 atom stereocenters. The molecule has 156 valence electrons. The van der Waals surface area contributed by atoms with Crippen molar-refractivity contribution >= 4 is 11.7 Å². The van der Waals surface area contributed by atoms with E-state index in [0.717, 1.165) is 43.7 Å². The quantitative estimate of drug-likeness (QED) is 0.552. The highest BCUT2D eigenvalue weighted by Crippen LogP contribution is 2.36. The number of rotatable bonds is 9. The number of benzene rings is 2. The van der Waals surface area contributed by atoms with Gasteiger partial charge in [0.15, 0.2) is 0 Å². The lowest BCUT2D eigenvalue weighted by Gasteiger charge is -2.32. The summed E-state index contributed by atoms with van der Waals surface area (Å²) >= 11 is 0. The van der Waals surface area contributed by atoms with Crippen LogP contribution in [0.25, 0.3) is 0 Å². The molecular weight excluding hydrogens is 369 g/mol. The van der Waals surface area contributed by atoms with Crippen LogP contribution in [0, 0.1) is 5.82 Å². The molecule has 0 spiro atoms. The molecule has 0 radical (unpaired) electrons. The number of carbonyl (C=O) groups excluding carboxylic acids is 1. The van der Waals surface area contributed by atoms with E-state index in [1.165, 1.54) is 17.3 Å². The number of anilines is 1. The van der Waals surface area contributed by atoms with E-state index in [1.807, 2.05) is 18.2 Å². The van der Waals surface area contributed by atoms with Crippen LogP contribution in [0.4, 0.5) is 10.1 Å². The number of nitrogens with zero attached hydrogens (tertiary/aromatic N) is 1. The molecule has 4 nitrogen and oxygen atoms in total. The van der Waals surface area contributed by atoms with Crippen LogP contribution >= 0.6 is 0 Å². The minimum absolute atomic E-state index is 0.185. The normalized spacial score (nSPS) is 13.1. The molecule has 29 heavy (non-hydrogen) atoms. The molecule has 0 amide bonds. The van der Waals surface area contributed by atoms with E-state index in [4.69, 9.17) is 9.47 Å². The van der Waals surface area contributed by atoms with Crippen LogP contribution in [0.2, 0.25) is 0 Å². The van der Waals surface area contributed by atoms with Crippen LogP contribution in [0.1, 0.15) is 49.8 Å². The second-order valence-electron chi connectivity index (χ2n) is 7.37. The average molecular weight is 400 g/mol. The van der Waals surface area contributed by atoms with E-state index in [0.29, 0.717) is 25.2 Å². The van der Waals surface area contributed by atoms with Crippen LogP contribution in [0.3, 0.4) is 0 Å². The van der Waals surface area contributed by atoms with E-state index in [9.17, 15) is 9.18 Å². The molecular formula is C24H30FNO3. The third kappa shape index (κ3) is 5.49. The standard InChI is InChI=1S/C24H30FNO3/c1-3-14-26-15-6-8-20-7-5-9-22(24(20)26)29-17-18-10-11-19(21(25)16-18)12-13-23(27)28-4-2/h5,7,9-11,16H,3-4,6,8,12-15,17H2,1-2H3. The lowest BCUT2D eigenvalue weighted by Crippen LogP contribution is -2.30. The van der Waals surface area contributed by atoms with E-state index in [-0.39, 0.29) is 18.2 Å². The number of esters is 1. The summed E-state index contributed by atoms with van der Waals surface area (Å²) in [5.74, 6) is 0.255. The summed E-state index contributed by atoms with van der Waals surface area (Å²) in [7, 11) is 0. The second kappa shape index (κ2) is 10.3. The topological polar surface area (TPSA) is 38.8 Å². The third-order valence-corrected chi connectivity index (χ3v) is 5.18. The zero-order chi connectivity index (χ0) is 20.6. The van der Waals surface area contributed by atoms with Gasteiger partial charge in [-0.3, -0.25) is 4.79 Å². The van der Waals surface area contributed by atoms with Crippen LogP contribution in [0.15, 0.2) is 36.4 Å². The maximum atomic E-state index is 14.4. The molecule has 0 aromatic heterocycles. The summed E-state index contributed by atoms with van der Waals surface area (Å²) in [6.45, 7) is 6.66. The fourth-order valence-corrected chi connectivity index (χ4v) is 3.82. The van der Waals surface area contributed by atoms with Gasteiger partial charge in [0.2, 0.25) is 0 Å². The highest BCUT2D eigenvalue weighted by Gasteiger charge is 2.20. The zero-order valence-electron chi connectivity index (χ0n) is 17.4. The van der Waals surface area contributed by atoms with Gasteiger partial charge in [-0.15, -0.1) is 0 Å². The Hall–Kier alpha value is -2.56. The zero-order valence-corrected chi connectivity index (χ0v) is 17.4. The Balaban J connectivity index is 1.66. The summed E-state index contributed by atoms with van der Waals surface area (Å²) in [6, 6.07) is 11.3. The maximum Gasteiger partial charge on any atom is 0.306 e. The van der Waals surface area contributed by atoms with Crippen molar-refractivity contribution in [3.63, 3.8) is 0 Å². The summed E-state index contributed by atoms with van der Waals surface area (Å²) < 4.78 is 25.4. The van der Waals surface area contributed by atoms with Gasteiger partial charge >= 0.3 is 5.97 Å². The van der Waals surface area contributed by atoms with E-state index >= 15 is 0 Å². The minimum Gasteiger partial charge on any atom is -0.487 e. The number of halogens is 1. The Morgan fingerprint density at radius 2 is 2.07 bits per heavy atom. The summed E-state index contributed by atoms with van der Waals surface area (Å²) in [6.07, 6.45) is 3.84. The largest absolute Gasteiger partial charge is 0.487 e. The number of fused-ring (bicyclic) bond motifs is 1. The molecule has 5 heteroatoms. The van der Waals surface area contributed by atoms with Gasteiger partial charge in [-0.1, -0.05) is 31.2 Å². The van der Waals surface area contributed by atoms with Gasteiger partial charge in [0.05, 0.1) is 12.3 Å². The molecule has 0 bridgehead atoms. The summed E-state index contributed by atoms with van der Waals surface area (Å²) in [5, 5.41) is 0. The van der Waals surface area contributed by atoms with Gasteiger partial charge in [0, 0.05) is 19.5 Å². The van der Waals surface area contributed by atoms with Crippen LogP contribution in [0.5, 0.6) is 5.75 Å². The molecule has 0 aliphatic carbocycles. The number of para-hydroxylation sites is 1. The Morgan fingerprint density at radius 3 is 2.83 bits per heavy atom. The first-order chi connectivity index (χ1) is 14.1. The van der Waals surface area contributed by atoms with Gasteiger partial charge in [-0.2, -0.15) is 0 Å². The predicted octanol–water partition coefficient (Wildman–Crippen LogP) is 5.06. The molecule has 2 aromatic carbocycles. The van der Waals surface area contributed by atoms with E-state index < -0.39 is 0 Å². The van der Waals surface area contributed by atoms with Crippen molar-refractivity contribution in [2.45, 2.75) is 52.6 Å². The number of aryl methyl sites for hydroxylation is 2. The smallest absolute Gasteiger partial charge is 0.306 e. The molecule has 0 saturated heterocycles. The Labute approximate surface area is 172 Å². The van der Waals surface area contributed by atoms with Crippen LogP contribution < -0.4 is 9.64 Å². The molecule has 0 saturated carbocycles. The fourth-order valence-electron chi connectivity index (χ4n) is 3.82. The minimum atomic E-state index is -0.307. The Morgan fingerprint density at radius 1 is 1.21 bits per heavy atom. The molecule has 1 aliphatic rings. The maximum absolute atomic E-state index is 14.4. The van der Waals surface area contributed by atoms with Crippen molar-refractivity contribution in [3.05, 3.63) is 58.9 Å². The number of ether oxygens (including phenoxy) is 2. The first-order valence-corrected chi connectivity index (χ1v) is 10.5. The SMILES string of the molecule is CCCN1CCCc2cccc(OCc3ccc(CCC(=O)OCC)c(F)c3)c21. The lowest BCUT2D eigenvalue weighted by atomic mass is 10.0. The van der Waals surface area contributed by atoms with Crippen molar-refractivity contribution in [2.75, 3.05) is 24.6 Å². The molecule has 1 heterocycles. The van der Waals surface area contributed by atoms with Crippen molar-refractivity contribution in [3.8, 4) is 5.75 Å². The van der Waals surface area contributed by atoms with Crippen molar-refractivity contribution < 1.29 is 18.7 Å². The first kappa shape index (κ1) is 21.2. The molecule has 3 rings (SSSR count). The van der Waals surface area contributed by atoms with Gasteiger partial charge in [-0.25, -0.2) is 4.39 Å². The van der Waals surface area contributed by atoms with Gasteiger partial charge in [0.1, 0.15) is 18.2 Å². The van der Waals surface area contributed by atoms with Gasteiger partial charge in [-0.05, 0) is 61.4 Å². The molecule has 2 aromatic rings. The summed E-state index contributed by atoms with van der Waals surface area (Å²) in [4.78, 5) is 13.9. The Bertz CT molecular complexity index is 837.